The van der Waals surface area contributed by atoms with Crippen molar-refractivity contribution in [1.29, 1.82) is 0 Å². The molecule has 0 spiro atoms. The van der Waals surface area contributed by atoms with Gasteiger partial charge in [0.25, 0.3) is 5.91 Å². The molecule has 1 N–H and O–H groups in total. The van der Waals surface area contributed by atoms with Crippen LogP contribution >= 0.6 is 0 Å². The van der Waals surface area contributed by atoms with Crippen LogP contribution in [0.2, 0.25) is 0 Å². The van der Waals surface area contributed by atoms with E-state index in [1.807, 2.05) is 59.5 Å². The molecular formula is C21H25NO3. The number of nitrogens with zero attached hydrogens (tertiary/aromatic N) is 1. The molecule has 3 rings (SSSR count). The molecule has 1 aliphatic rings. The zero-order valence-corrected chi connectivity index (χ0v) is 14.6. The van der Waals surface area contributed by atoms with E-state index in [1.54, 1.807) is 0 Å². The largest absolute Gasteiger partial charge is 0.491 e. The monoisotopic (exact) mass is 339 g/mol. The third kappa shape index (κ3) is 4.40. The molecule has 0 bridgehead atoms. The van der Waals surface area contributed by atoms with Crippen LogP contribution in [-0.2, 0) is 6.42 Å². The number of rotatable bonds is 5. The maximum absolute atomic E-state index is 12.6. The molecule has 132 valence electrons. The summed E-state index contributed by atoms with van der Waals surface area (Å²) in [6, 6.07) is 17.3. The molecule has 1 fully saturated rings. The molecule has 1 saturated heterocycles. The Kier molecular flexibility index (Phi) is 5.39. The fraction of sp³-hybridized carbons (Fsp3) is 0.381. The van der Waals surface area contributed by atoms with Crippen molar-refractivity contribution < 1.29 is 14.6 Å². The SMILES string of the molecule is CCc1ccc(C(=O)N2CCC(O)(COc3ccccc3)CC2)cc1. The molecule has 0 radical (unpaired) electrons. The van der Waals surface area contributed by atoms with Gasteiger partial charge in [0.05, 0.1) is 0 Å². The number of hydrogen-bond donors (Lipinski definition) is 1. The van der Waals surface area contributed by atoms with Gasteiger partial charge in [0, 0.05) is 18.7 Å². The molecule has 2 aromatic carbocycles. The van der Waals surface area contributed by atoms with Crippen molar-refractivity contribution in [3.05, 3.63) is 65.7 Å². The summed E-state index contributed by atoms with van der Waals surface area (Å²) in [4.78, 5) is 14.4. The molecule has 0 atom stereocenters. The number of aryl methyl sites for hydroxylation is 1. The minimum atomic E-state index is -0.876. The fourth-order valence-electron chi connectivity index (χ4n) is 3.07. The van der Waals surface area contributed by atoms with Crippen LogP contribution in [0.1, 0.15) is 35.7 Å². The first kappa shape index (κ1) is 17.5. The van der Waals surface area contributed by atoms with Crippen LogP contribution in [0.25, 0.3) is 0 Å². The molecular weight excluding hydrogens is 314 g/mol. The van der Waals surface area contributed by atoms with Gasteiger partial charge in [0.1, 0.15) is 18.0 Å². The number of carbonyl (C=O) groups is 1. The standard InChI is InChI=1S/C21H25NO3/c1-2-17-8-10-18(11-9-17)20(23)22-14-12-21(24,13-15-22)16-25-19-6-4-3-5-7-19/h3-11,24H,2,12-16H2,1H3. The summed E-state index contributed by atoms with van der Waals surface area (Å²) >= 11 is 0. The van der Waals surface area contributed by atoms with Gasteiger partial charge in [0.2, 0.25) is 0 Å². The van der Waals surface area contributed by atoms with E-state index < -0.39 is 5.60 Å². The first-order valence-electron chi connectivity index (χ1n) is 8.88. The van der Waals surface area contributed by atoms with Crippen molar-refractivity contribution >= 4 is 5.91 Å². The first-order chi connectivity index (χ1) is 12.1. The second kappa shape index (κ2) is 7.70. The van der Waals surface area contributed by atoms with Crippen LogP contribution in [0.4, 0.5) is 0 Å². The molecule has 1 aliphatic heterocycles. The van der Waals surface area contributed by atoms with E-state index in [1.165, 1.54) is 5.56 Å². The topological polar surface area (TPSA) is 49.8 Å². The van der Waals surface area contributed by atoms with E-state index in [4.69, 9.17) is 4.74 Å². The van der Waals surface area contributed by atoms with Crippen molar-refractivity contribution in [3.63, 3.8) is 0 Å². The van der Waals surface area contributed by atoms with Gasteiger partial charge in [-0.25, -0.2) is 0 Å². The van der Waals surface area contributed by atoms with E-state index in [0.717, 1.165) is 12.2 Å². The fourth-order valence-corrected chi connectivity index (χ4v) is 3.07. The van der Waals surface area contributed by atoms with E-state index in [2.05, 4.69) is 6.92 Å². The third-order valence-corrected chi connectivity index (χ3v) is 4.84. The summed E-state index contributed by atoms with van der Waals surface area (Å²) in [5.41, 5.74) is 1.06. The number of benzene rings is 2. The Balaban J connectivity index is 1.54. The highest BCUT2D eigenvalue weighted by molar-refractivity contribution is 5.94. The number of carbonyl (C=O) groups excluding carboxylic acids is 1. The van der Waals surface area contributed by atoms with Crippen LogP contribution in [0.3, 0.4) is 0 Å². The Morgan fingerprint density at radius 3 is 2.32 bits per heavy atom. The van der Waals surface area contributed by atoms with E-state index in [0.29, 0.717) is 31.5 Å². The number of amides is 1. The zero-order chi connectivity index (χ0) is 17.7. The highest BCUT2D eigenvalue weighted by Crippen LogP contribution is 2.25. The second-order valence-electron chi connectivity index (χ2n) is 6.67. The number of likely N-dealkylation sites (tertiary alicyclic amines) is 1. The molecule has 0 aromatic heterocycles. The molecule has 0 aliphatic carbocycles. The third-order valence-electron chi connectivity index (χ3n) is 4.84. The van der Waals surface area contributed by atoms with Gasteiger partial charge in [-0.05, 0) is 49.1 Å². The maximum atomic E-state index is 12.6. The Morgan fingerprint density at radius 1 is 1.08 bits per heavy atom. The summed E-state index contributed by atoms with van der Waals surface area (Å²) in [5, 5.41) is 10.7. The van der Waals surface area contributed by atoms with Gasteiger partial charge in [0.15, 0.2) is 0 Å². The summed E-state index contributed by atoms with van der Waals surface area (Å²) in [5.74, 6) is 0.791. The minimum absolute atomic E-state index is 0.0358. The van der Waals surface area contributed by atoms with Crippen molar-refractivity contribution in [2.24, 2.45) is 0 Å². The number of piperidine rings is 1. The van der Waals surface area contributed by atoms with Gasteiger partial charge >= 0.3 is 0 Å². The van der Waals surface area contributed by atoms with E-state index in [-0.39, 0.29) is 12.5 Å². The van der Waals surface area contributed by atoms with Gasteiger partial charge in [-0.15, -0.1) is 0 Å². The summed E-state index contributed by atoms with van der Waals surface area (Å²) in [6.45, 7) is 3.44. The average molecular weight is 339 g/mol. The second-order valence-corrected chi connectivity index (χ2v) is 6.67. The van der Waals surface area contributed by atoms with E-state index >= 15 is 0 Å². The lowest BCUT2D eigenvalue weighted by atomic mass is 9.92. The molecule has 4 nitrogen and oxygen atoms in total. The van der Waals surface area contributed by atoms with Crippen LogP contribution in [0, 0.1) is 0 Å². The number of para-hydroxylation sites is 1. The molecule has 1 amide bonds. The van der Waals surface area contributed by atoms with Crippen LogP contribution < -0.4 is 4.74 Å². The normalized spacial score (nSPS) is 16.5. The summed E-state index contributed by atoms with van der Waals surface area (Å²) in [7, 11) is 0. The molecule has 0 unspecified atom stereocenters. The van der Waals surface area contributed by atoms with Gasteiger partial charge in [-0.3, -0.25) is 4.79 Å². The number of aliphatic hydroxyl groups is 1. The molecule has 25 heavy (non-hydrogen) atoms. The lowest BCUT2D eigenvalue weighted by Crippen LogP contribution is -2.49. The van der Waals surface area contributed by atoms with Crippen molar-refractivity contribution in [3.8, 4) is 5.75 Å². The van der Waals surface area contributed by atoms with Crippen LogP contribution in [0.15, 0.2) is 54.6 Å². The lowest BCUT2D eigenvalue weighted by molar-refractivity contribution is -0.0475. The highest BCUT2D eigenvalue weighted by atomic mass is 16.5. The van der Waals surface area contributed by atoms with Gasteiger partial charge in [-0.1, -0.05) is 37.3 Å². The Labute approximate surface area is 149 Å². The minimum Gasteiger partial charge on any atom is -0.491 e. The summed E-state index contributed by atoms with van der Waals surface area (Å²) < 4.78 is 5.70. The Hall–Kier alpha value is -2.33. The summed E-state index contributed by atoms with van der Waals surface area (Å²) in [6.07, 6.45) is 2.02. The van der Waals surface area contributed by atoms with Crippen LogP contribution in [-0.4, -0.2) is 41.2 Å². The molecule has 4 heteroatoms. The van der Waals surface area contributed by atoms with Crippen LogP contribution in [0.5, 0.6) is 5.75 Å². The highest BCUT2D eigenvalue weighted by Gasteiger charge is 2.35. The quantitative estimate of drug-likeness (QED) is 0.909. The maximum Gasteiger partial charge on any atom is 0.253 e. The van der Waals surface area contributed by atoms with Crippen molar-refractivity contribution in [1.82, 2.24) is 4.90 Å². The van der Waals surface area contributed by atoms with E-state index in [9.17, 15) is 9.90 Å². The predicted octanol–water partition coefficient (Wildman–Crippen LogP) is 3.30. The van der Waals surface area contributed by atoms with Crippen molar-refractivity contribution in [2.75, 3.05) is 19.7 Å². The van der Waals surface area contributed by atoms with Gasteiger partial charge in [-0.2, -0.15) is 0 Å². The molecule has 0 saturated carbocycles. The number of hydrogen-bond acceptors (Lipinski definition) is 3. The lowest BCUT2D eigenvalue weighted by Gasteiger charge is -2.38. The smallest absolute Gasteiger partial charge is 0.253 e. The first-order valence-corrected chi connectivity index (χ1v) is 8.88. The number of ether oxygens (including phenoxy) is 1. The molecule has 2 aromatic rings. The Morgan fingerprint density at radius 2 is 1.72 bits per heavy atom. The predicted molar refractivity (Wildman–Crippen MR) is 97.8 cm³/mol. The van der Waals surface area contributed by atoms with Gasteiger partial charge < -0.3 is 14.7 Å². The Bertz CT molecular complexity index is 689. The molecule has 1 heterocycles. The average Bonchev–Trinajstić information content (AvgIpc) is 2.67. The van der Waals surface area contributed by atoms with Crippen molar-refractivity contribution in [2.45, 2.75) is 31.8 Å². The zero-order valence-electron chi connectivity index (χ0n) is 14.6.